The molecule has 0 aliphatic carbocycles. The van der Waals surface area contributed by atoms with Crippen molar-refractivity contribution in [2.45, 2.75) is 30.9 Å². The molecule has 0 radical (unpaired) electrons. The standard InChI is InChI=1S/C46H54N10O2S2/c1-51-18-22-54(23-19-51)45-49-29-41(59-45)43(57)50-40(26-35-28-48-39-11-7-5-9-37(35)39)33-14-12-32(13-15-33)30-56(17-16-34-27-47-38-10-6-4-8-36(34)38)44(58)42-31-53(3)46(60-42)55-24-20-52(2)21-25-55/h4-15,27-29,31,40,46-48H,16-26,30H2,1-3H3,(H,50,57). The van der Waals surface area contributed by atoms with Crippen LogP contribution >= 0.6 is 23.1 Å². The molecule has 2 amide bonds. The predicted octanol–water partition coefficient (Wildman–Crippen LogP) is 6.19. The minimum Gasteiger partial charge on any atom is -0.361 e. The third kappa shape index (κ3) is 8.84. The Bertz CT molecular complexity index is 2460. The summed E-state index contributed by atoms with van der Waals surface area (Å²) in [6.45, 7) is 8.81. The van der Waals surface area contributed by atoms with Crippen LogP contribution in [0.15, 0.2) is 102 Å². The topological polar surface area (TPSA) is 110 Å². The second-order valence-electron chi connectivity index (χ2n) is 16.4. The van der Waals surface area contributed by atoms with E-state index in [0.717, 1.165) is 102 Å². The van der Waals surface area contributed by atoms with Crippen LogP contribution in [0.3, 0.4) is 0 Å². The van der Waals surface area contributed by atoms with Crippen molar-refractivity contribution in [3.8, 4) is 0 Å². The van der Waals surface area contributed by atoms with Gasteiger partial charge in [0.15, 0.2) is 5.13 Å². The lowest BCUT2D eigenvalue weighted by Gasteiger charge is -2.38. The molecule has 2 saturated heterocycles. The second-order valence-corrected chi connectivity index (χ2v) is 18.5. The van der Waals surface area contributed by atoms with Gasteiger partial charge in [-0.3, -0.25) is 14.5 Å². The quantitative estimate of drug-likeness (QED) is 0.125. The molecule has 0 bridgehead atoms. The van der Waals surface area contributed by atoms with Gasteiger partial charge in [-0.15, -0.1) is 0 Å². The Balaban J connectivity index is 0.948. The zero-order valence-electron chi connectivity index (χ0n) is 34.6. The highest BCUT2D eigenvalue weighted by Crippen LogP contribution is 2.36. The second kappa shape index (κ2) is 17.8. The number of likely N-dealkylation sites (N-methyl/N-ethyl adjacent to an activating group) is 2. The van der Waals surface area contributed by atoms with Crippen molar-refractivity contribution in [1.29, 1.82) is 0 Å². The zero-order valence-corrected chi connectivity index (χ0v) is 36.3. The van der Waals surface area contributed by atoms with Gasteiger partial charge in [0.05, 0.1) is 17.1 Å². The first-order chi connectivity index (χ1) is 29.3. The maximum absolute atomic E-state index is 14.5. The normalized spacial score (nSPS) is 18.6. The number of thiazole rings is 1. The Kier molecular flexibility index (Phi) is 12.0. The van der Waals surface area contributed by atoms with Crippen molar-refractivity contribution < 1.29 is 9.59 Å². The van der Waals surface area contributed by atoms with Gasteiger partial charge in [0.1, 0.15) is 10.4 Å². The van der Waals surface area contributed by atoms with Gasteiger partial charge in [0, 0.05) is 113 Å². The molecule has 312 valence electrons. The third-order valence-electron chi connectivity index (χ3n) is 12.2. The Hall–Kier alpha value is -5.12. The summed E-state index contributed by atoms with van der Waals surface area (Å²) in [6, 6.07) is 24.8. The van der Waals surface area contributed by atoms with E-state index in [0.29, 0.717) is 24.4 Å². The number of rotatable bonds is 13. The molecular weight excluding hydrogens is 789 g/mol. The molecule has 3 aromatic carbocycles. The summed E-state index contributed by atoms with van der Waals surface area (Å²) >= 11 is 3.12. The molecular formula is C46H54N10O2S2. The molecule has 6 aromatic rings. The molecule has 2 atom stereocenters. The largest absolute Gasteiger partial charge is 0.361 e. The number of aromatic nitrogens is 3. The van der Waals surface area contributed by atoms with Crippen molar-refractivity contribution in [3.05, 3.63) is 130 Å². The Morgan fingerprint density at radius 3 is 2.15 bits per heavy atom. The average Bonchev–Trinajstić information content (AvgIpc) is 4.10. The van der Waals surface area contributed by atoms with Crippen LogP contribution in [0.25, 0.3) is 21.8 Å². The minimum atomic E-state index is -0.290. The lowest BCUT2D eigenvalue weighted by molar-refractivity contribution is -0.127. The van der Waals surface area contributed by atoms with Gasteiger partial charge in [-0.2, -0.15) is 0 Å². The first kappa shape index (κ1) is 40.3. The predicted molar refractivity (Wildman–Crippen MR) is 244 cm³/mol. The maximum Gasteiger partial charge on any atom is 0.263 e. The van der Waals surface area contributed by atoms with E-state index in [1.54, 1.807) is 18.0 Å². The highest BCUT2D eigenvalue weighted by Gasteiger charge is 2.34. The van der Waals surface area contributed by atoms with Gasteiger partial charge in [-0.05, 0) is 61.3 Å². The van der Waals surface area contributed by atoms with Gasteiger partial charge < -0.3 is 39.8 Å². The fourth-order valence-electron chi connectivity index (χ4n) is 8.55. The number of nitrogens with zero attached hydrogens (tertiary/aromatic N) is 7. The molecule has 14 heteroatoms. The van der Waals surface area contributed by atoms with Crippen molar-refractivity contribution in [3.63, 3.8) is 0 Å². The fraction of sp³-hybridized carbons (Fsp3) is 0.370. The molecule has 12 nitrogen and oxygen atoms in total. The highest BCUT2D eigenvalue weighted by atomic mass is 32.2. The van der Waals surface area contributed by atoms with Crippen LogP contribution in [0.4, 0.5) is 5.13 Å². The number of carbonyl (C=O) groups excluding carboxylic acids is 2. The number of nitrogens with one attached hydrogen (secondary N) is 3. The Morgan fingerprint density at radius 1 is 0.817 bits per heavy atom. The highest BCUT2D eigenvalue weighted by molar-refractivity contribution is 8.04. The van der Waals surface area contributed by atoms with E-state index in [9.17, 15) is 9.59 Å². The fourth-order valence-corrected chi connectivity index (χ4v) is 10.7. The van der Waals surface area contributed by atoms with Crippen LogP contribution < -0.4 is 10.2 Å². The summed E-state index contributed by atoms with van der Waals surface area (Å²) < 4.78 is 0. The van der Waals surface area contributed by atoms with E-state index < -0.39 is 0 Å². The van der Waals surface area contributed by atoms with Crippen molar-refractivity contribution in [2.75, 3.05) is 84.9 Å². The number of fused-ring (bicyclic) bond motifs is 2. The number of amides is 2. The summed E-state index contributed by atoms with van der Waals surface area (Å²) in [5, 5.41) is 6.61. The van der Waals surface area contributed by atoms with E-state index in [2.05, 4.69) is 139 Å². The molecule has 2 unspecified atom stereocenters. The number of anilines is 1. The van der Waals surface area contributed by atoms with Gasteiger partial charge in [0.25, 0.3) is 11.8 Å². The smallest absolute Gasteiger partial charge is 0.263 e. The van der Waals surface area contributed by atoms with Crippen LogP contribution in [-0.4, -0.2) is 137 Å². The molecule has 0 spiro atoms. The van der Waals surface area contributed by atoms with Crippen LogP contribution in [0.2, 0.25) is 0 Å². The number of carbonyl (C=O) groups is 2. The minimum absolute atomic E-state index is 0.0531. The third-order valence-corrected chi connectivity index (χ3v) is 14.7. The van der Waals surface area contributed by atoms with Gasteiger partial charge in [0.2, 0.25) is 0 Å². The number of benzene rings is 3. The Labute approximate surface area is 360 Å². The average molecular weight is 843 g/mol. The number of H-pyrrole nitrogens is 2. The number of aromatic amines is 2. The molecule has 0 saturated carbocycles. The van der Waals surface area contributed by atoms with E-state index in [-0.39, 0.29) is 23.4 Å². The van der Waals surface area contributed by atoms with Crippen LogP contribution in [0, 0.1) is 0 Å². The van der Waals surface area contributed by atoms with Crippen LogP contribution in [-0.2, 0) is 24.2 Å². The summed E-state index contributed by atoms with van der Waals surface area (Å²) in [4.78, 5) is 55.0. The summed E-state index contributed by atoms with van der Waals surface area (Å²) in [5.41, 5.74) is 6.66. The monoisotopic (exact) mass is 842 g/mol. The first-order valence-corrected chi connectivity index (χ1v) is 22.7. The number of hydrogen-bond donors (Lipinski definition) is 3. The molecule has 3 aliphatic rings. The molecule has 3 N–H and O–H groups in total. The summed E-state index contributed by atoms with van der Waals surface area (Å²) in [5.74, 6) is -0.0737. The molecule has 3 aromatic heterocycles. The van der Waals surface area contributed by atoms with Crippen molar-refractivity contribution in [1.82, 2.24) is 44.8 Å². The van der Waals surface area contributed by atoms with E-state index in [4.69, 9.17) is 0 Å². The SMILES string of the molecule is CN1CCN(c2ncc(C(=O)NC(Cc3c[nH]c4ccccc34)c3ccc(CN(CCc4c[nH]c5ccccc45)C(=O)C4=CN(C)C(N5CCN(C)CC5)S4)cc3)s2)CC1. The number of para-hydroxylation sites is 2. The van der Waals surface area contributed by atoms with Gasteiger partial charge in [-0.1, -0.05) is 83.8 Å². The van der Waals surface area contributed by atoms with E-state index in [1.807, 2.05) is 23.2 Å². The number of thioether (sulfide) groups is 1. The number of hydrogen-bond acceptors (Lipinski definition) is 10. The number of piperazine rings is 2. The van der Waals surface area contributed by atoms with Crippen molar-refractivity contribution >= 4 is 61.9 Å². The van der Waals surface area contributed by atoms with Gasteiger partial charge in [-0.25, -0.2) is 4.98 Å². The summed E-state index contributed by atoms with van der Waals surface area (Å²) in [6.07, 6.45) is 9.22. The van der Waals surface area contributed by atoms with Crippen molar-refractivity contribution in [2.24, 2.45) is 0 Å². The Morgan fingerprint density at radius 2 is 1.45 bits per heavy atom. The van der Waals surface area contributed by atoms with E-state index >= 15 is 0 Å². The molecule has 9 rings (SSSR count). The molecule has 3 aliphatic heterocycles. The molecule has 6 heterocycles. The van der Waals surface area contributed by atoms with Crippen LogP contribution in [0.5, 0.6) is 0 Å². The van der Waals surface area contributed by atoms with Crippen LogP contribution in [0.1, 0.15) is 38.0 Å². The lowest BCUT2D eigenvalue weighted by Crippen LogP contribution is -2.51. The zero-order chi connectivity index (χ0) is 41.2. The molecule has 2 fully saturated rings. The van der Waals surface area contributed by atoms with E-state index in [1.165, 1.54) is 22.3 Å². The molecule has 60 heavy (non-hydrogen) atoms. The first-order valence-electron chi connectivity index (χ1n) is 21.0. The van der Waals surface area contributed by atoms with Gasteiger partial charge >= 0.3 is 0 Å². The summed E-state index contributed by atoms with van der Waals surface area (Å²) in [7, 11) is 6.39. The maximum atomic E-state index is 14.5. The lowest BCUT2D eigenvalue weighted by atomic mass is 9.97.